The lowest BCUT2D eigenvalue weighted by atomic mass is 10.1. The van der Waals surface area contributed by atoms with Gasteiger partial charge in [0.2, 0.25) is 0 Å². The Hall–Kier alpha value is -1.24. The molecule has 1 aromatic heterocycles. The van der Waals surface area contributed by atoms with Crippen LogP contribution >= 0.6 is 15.9 Å². The van der Waals surface area contributed by atoms with Crippen LogP contribution in [-0.2, 0) is 4.74 Å². The topological polar surface area (TPSA) is 60.2 Å². The molecule has 1 atom stereocenters. The first-order chi connectivity index (χ1) is 9.24. The maximum absolute atomic E-state index is 5.40. The highest BCUT2D eigenvalue weighted by atomic mass is 79.9. The minimum Gasteiger partial charge on any atom is -0.378 e. The number of aryl methyl sites for hydroxylation is 1. The van der Waals surface area contributed by atoms with Crippen LogP contribution in [0.3, 0.4) is 0 Å². The Kier molecular flexibility index (Phi) is 3.63. The lowest BCUT2D eigenvalue weighted by molar-refractivity contribution is 0.0734. The number of rotatable bonds is 2. The van der Waals surface area contributed by atoms with E-state index in [1.807, 2.05) is 25.1 Å². The zero-order chi connectivity index (χ0) is 13.2. The molecule has 5 nitrogen and oxygen atoms in total. The second kappa shape index (κ2) is 5.40. The Morgan fingerprint density at radius 2 is 2.32 bits per heavy atom. The highest BCUT2D eigenvalue weighted by Gasteiger charge is 2.21. The van der Waals surface area contributed by atoms with Crippen LogP contribution in [-0.4, -0.2) is 29.9 Å². The molecule has 0 aliphatic carbocycles. The molecule has 6 heteroatoms. The zero-order valence-corrected chi connectivity index (χ0v) is 12.1. The molecule has 19 heavy (non-hydrogen) atoms. The maximum atomic E-state index is 5.40. The fraction of sp³-hybridized carbons (Fsp3) is 0.385. The predicted octanol–water partition coefficient (Wildman–Crippen LogP) is 2.47. The lowest BCUT2D eigenvalue weighted by Crippen LogP contribution is -2.35. The Balaban J connectivity index is 1.89. The molecule has 0 saturated carbocycles. The third-order valence-electron chi connectivity index (χ3n) is 3.11. The van der Waals surface area contributed by atoms with Gasteiger partial charge in [0, 0.05) is 16.6 Å². The quantitative estimate of drug-likeness (QED) is 0.920. The minimum absolute atomic E-state index is 0.0127. The molecule has 1 aliphatic heterocycles. The van der Waals surface area contributed by atoms with E-state index in [1.165, 1.54) is 0 Å². The molecular weight excluding hydrogens is 310 g/mol. The number of morpholine rings is 1. The van der Waals surface area contributed by atoms with Gasteiger partial charge in [0.1, 0.15) is 0 Å². The largest absolute Gasteiger partial charge is 0.378 e. The number of aromatic nitrogens is 2. The highest BCUT2D eigenvalue weighted by molar-refractivity contribution is 9.10. The maximum Gasteiger partial charge on any atom is 0.258 e. The van der Waals surface area contributed by atoms with Crippen LogP contribution in [0.25, 0.3) is 11.5 Å². The highest BCUT2D eigenvalue weighted by Crippen LogP contribution is 2.26. The number of nitrogens with zero attached hydrogens (tertiary/aromatic N) is 2. The van der Waals surface area contributed by atoms with Gasteiger partial charge in [-0.2, -0.15) is 4.98 Å². The number of hydrogen-bond acceptors (Lipinski definition) is 5. The summed E-state index contributed by atoms with van der Waals surface area (Å²) >= 11 is 3.45. The summed E-state index contributed by atoms with van der Waals surface area (Å²) in [5.41, 5.74) is 2.05. The summed E-state index contributed by atoms with van der Waals surface area (Å²) in [5, 5.41) is 7.35. The van der Waals surface area contributed by atoms with Crippen molar-refractivity contribution in [2.75, 3.05) is 19.8 Å². The van der Waals surface area contributed by atoms with E-state index in [4.69, 9.17) is 9.26 Å². The normalized spacial score (nSPS) is 19.6. The van der Waals surface area contributed by atoms with Gasteiger partial charge in [-0.15, -0.1) is 0 Å². The average Bonchev–Trinajstić information content (AvgIpc) is 2.92. The molecule has 0 spiro atoms. The fourth-order valence-electron chi connectivity index (χ4n) is 2.04. The van der Waals surface area contributed by atoms with Crippen molar-refractivity contribution in [2.45, 2.75) is 13.0 Å². The van der Waals surface area contributed by atoms with E-state index < -0.39 is 0 Å². The van der Waals surface area contributed by atoms with Crippen LogP contribution in [0.2, 0.25) is 0 Å². The Labute approximate surface area is 119 Å². The molecule has 1 fully saturated rings. The number of hydrogen-bond donors (Lipinski definition) is 1. The van der Waals surface area contributed by atoms with Gasteiger partial charge >= 0.3 is 0 Å². The molecule has 0 bridgehead atoms. The summed E-state index contributed by atoms with van der Waals surface area (Å²) in [7, 11) is 0. The summed E-state index contributed by atoms with van der Waals surface area (Å²) in [5.74, 6) is 1.19. The van der Waals surface area contributed by atoms with Gasteiger partial charge in [0.25, 0.3) is 5.89 Å². The van der Waals surface area contributed by atoms with Gasteiger partial charge in [-0.1, -0.05) is 27.2 Å². The van der Waals surface area contributed by atoms with Crippen molar-refractivity contribution >= 4 is 15.9 Å². The van der Waals surface area contributed by atoms with Gasteiger partial charge in [-0.3, -0.25) is 0 Å². The van der Waals surface area contributed by atoms with E-state index in [9.17, 15) is 0 Å². The van der Waals surface area contributed by atoms with E-state index in [1.54, 1.807) is 0 Å². The van der Waals surface area contributed by atoms with Crippen molar-refractivity contribution in [3.8, 4) is 11.5 Å². The first kappa shape index (κ1) is 12.8. The molecule has 3 rings (SSSR count). The van der Waals surface area contributed by atoms with Crippen LogP contribution in [0.4, 0.5) is 0 Å². The Bertz CT molecular complexity index is 579. The third kappa shape index (κ3) is 2.70. The second-order valence-corrected chi connectivity index (χ2v) is 5.41. The number of benzene rings is 1. The number of nitrogens with one attached hydrogen (secondary N) is 1. The van der Waals surface area contributed by atoms with Crippen molar-refractivity contribution in [1.82, 2.24) is 15.5 Å². The van der Waals surface area contributed by atoms with Gasteiger partial charge in [-0.05, 0) is 24.6 Å². The summed E-state index contributed by atoms with van der Waals surface area (Å²) in [6.07, 6.45) is 0. The SMILES string of the molecule is Cc1ccc(Br)cc1-c1nc(C2COCCN2)no1. The molecule has 0 radical (unpaired) electrons. The fourth-order valence-corrected chi connectivity index (χ4v) is 2.40. The average molecular weight is 324 g/mol. The summed E-state index contributed by atoms with van der Waals surface area (Å²) in [4.78, 5) is 4.46. The standard InChI is InChI=1S/C13H14BrN3O2/c1-8-2-3-9(14)6-10(8)13-16-12(17-19-13)11-7-18-5-4-15-11/h2-3,6,11,15H,4-5,7H2,1H3. The van der Waals surface area contributed by atoms with E-state index in [0.717, 1.165) is 28.8 Å². The molecule has 100 valence electrons. The van der Waals surface area contributed by atoms with Crippen molar-refractivity contribution in [3.63, 3.8) is 0 Å². The van der Waals surface area contributed by atoms with Gasteiger partial charge in [0.05, 0.1) is 19.3 Å². The molecule has 1 saturated heterocycles. The molecule has 1 aromatic carbocycles. The van der Waals surface area contributed by atoms with E-state index >= 15 is 0 Å². The predicted molar refractivity (Wildman–Crippen MR) is 73.7 cm³/mol. The number of ether oxygens (including phenoxy) is 1. The Morgan fingerprint density at radius 3 is 3.11 bits per heavy atom. The monoisotopic (exact) mass is 323 g/mol. The first-order valence-electron chi connectivity index (χ1n) is 6.15. The van der Waals surface area contributed by atoms with E-state index in [2.05, 4.69) is 31.4 Å². The summed E-state index contributed by atoms with van der Waals surface area (Å²) in [6, 6.07) is 6.01. The Morgan fingerprint density at radius 1 is 1.42 bits per heavy atom. The van der Waals surface area contributed by atoms with Gasteiger partial charge in [0.15, 0.2) is 5.82 Å². The van der Waals surface area contributed by atoms with Crippen LogP contribution in [0, 0.1) is 6.92 Å². The zero-order valence-electron chi connectivity index (χ0n) is 10.5. The minimum atomic E-state index is 0.0127. The van der Waals surface area contributed by atoms with Gasteiger partial charge in [-0.25, -0.2) is 0 Å². The van der Waals surface area contributed by atoms with Crippen molar-refractivity contribution in [2.24, 2.45) is 0 Å². The molecule has 1 aliphatic rings. The summed E-state index contributed by atoms with van der Waals surface area (Å²) < 4.78 is 11.8. The van der Waals surface area contributed by atoms with Crippen LogP contribution < -0.4 is 5.32 Å². The molecule has 2 aromatic rings. The third-order valence-corrected chi connectivity index (χ3v) is 3.60. The molecular formula is C13H14BrN3O2. The van der Waals surface area contributed by atoms with Gasteiger partial charge < -0.3 is 14.6 Å². The second-order valence-electron chi connectivity index (χ2n) is 4.50. The van der Waals surface area contributed by atoms with E-state index in [-0.39, 0.29) is 6.04 Å². The van der Waals surface area contributed by atoms with Crippen molar-refractivity contribution in [3.05, 3.63) is 34.1 Å². The van der Waals surface area contributed by atoms with E-state index in [0.29, 0.717) is 18.3 Å². The number of halogens is 1. The molecule has 1 unspecified atom stereocenters. The van der Waals surface area contributed by atoms with Crippen LogP contribution in [0.1, 0.15) is 17.4 Å². The smallest absolute Gasteiger partial charge is 0.258 e. The van der Waals surface area contributed by atoms with Crippen molar-refractivity contribution in [1.29, 1.82) is 0 Å². The van der Waals surface area contributed by atoms with Crippen molar-refractivity contribution < 1.29 is 9.26 Å². The summed E-state index contributed by atoms with van der Waals surface area (Å²) in [6.45, 7) is 4.14. The van der Waals surface area contributed by atoms with Crippen LogP contribution in [0.5, 0.6) is 0 Å². The first-order valence-corrected chi connectivity index (χ1v) is 6.94. The molecule has 0 amide bonds. The van der Waals surface area contributed by atoms with Crippen LogP contribution in [0.15, 0.2) is 27.2 Å². The molecule has 1 N–H and O–H groups in total. The molecule has 2 heterocycles. The lowest BCUT2D eigenvalue weighted by Gasteiger charge is -2.20.